The molecular formula is C31H29ClN4O5. The van der Waals surface area contributed by atoms with Gasteiger partial charge in [-0.15, -0.1) is 11.6 Å². The number of amides is 2. The van der Waals surface area contributed by atoms with Gasteiger partial charge in [-0.25, -0.2) is 4.98 Å². The van der Waals surface area contributed by atoms with Crippen LogP contribution in [-0.4, -0.2) is 53.1 Å². The predicted molar refractivity (Wildman–Crippen MR) is 160 cm³/mol. The number of aromatic hydroxyl groups is 1. The highest BCUT2D eigenvalue weighted by Gasteiger charge is 2.30. The smallest absolute Gasteiger partial charge is 0.278 e. The Hall–Kier alpha value is -4.60. The Kier molecular flexibility index (Phi) is 8.09. The number of carbonyl (C=O) groups is 2. The number of aryl methyl sites for hydroxylation is 1. The normalized spacial score (nSPS) is 12.1. The molecule has 2 amide bonds. The molecule has 0 spiro atoms. The number of pyridine rings is 1. The molecule has 3 aromatic carbocycles. The fourth-order valence-electron chi connectivity index (χ4n) is 5.09. The first kappa shape index (κ1) is 27.9. The summed E-state index contributed by atoms with van der Waals surface area (Å²) < 4.78 is 11.9. The number of ether oxygens (including phenoxy) is 2. The standard InChI is InChI=1S/C30H26N4O5.CH3Cl/c1-18-4-3-5-23-26(35)14-25-22(28(18)23)12-13-34(25)30(37)24-16-33-15-20(8-11-27(33)32-24)31-29(36)19-6-9-21(10-7-19)39-17-38-2;1-2/h3-11,14-16,35H,12-13,17H2,1-2H3,(H,31,36);1H3. The summed E-state index contributed by atoms with van der Waals surface area (Å²) in [6, 6.07) is 17.7. The van der Waals surface area contributed by atoms with Gasteiger partial charge in [0.15, 0.2) is 6.79 Å². The van der Waals surface area contributed by atoms with Gasteiger partial charge in [-0.1, -0.05) is 18.2 Å². The first-order valence-corrected chi connectivity index (χ1v) is 13.6. The van der Waals surface area contributed by atoms with Crippen molar-refractivity contribution in [3.63, 3.8) is 0 Å². The van der Waals surface area contributed by atoms with Crippen LogP contribution in [0.15, 0.2) is 73.1 Å². The fourth-order valence-corrected chi connectivity index (χ4v) is 5.09. The molecule has 0 fully saturated rings. The Morgan fingerprint density at radius 1 is 1.07 bits per heavy atom. The van der Waals surface area contributed by atoms with Crippen molar-refractivity contribution >= 4 is 51.2 Å². The first-order chi connectivity index (χ1) is 19.9. The second kappa shape index (κ2) is 11.9. The van der Waals surface area contributed by atoms with Crippen LogP contribution >= 0.6 is 11.6 Å². The van der Waals surface area contributed by atoms with E-state index in [1.54, 1.807) is 64.2 Å². The number of phenols is 1. The molecular weight excluding hydrogens is 544 g/mol. The zero-order valence-corrected chi connectivity index (χ0v) is 23.6. The van der Waals surface area contributed by atoms with Crippen LogP contribution in [0.3, 0.4) is 0 Å². The number of rotatable bonds is 6. The molecule has 9 nitrogen and oxygen atoms in total. The van der Waals surface area contributed by atoms with Crippen LogP contribution in [0.1, 0.15) is 32.0 Å². The quantitative estimate of drug-likeness (QED) is 0.197. The maximum atomic E-state index is 13.5. The highest BCUT2D eigenvalue weighted by atomic mass is 35.5. The number of carbonyl (C=O) groups excluding carboxylic acids is 2. The predicted octanol–water partition coefficient (Wildman–Crippen LogP) is 5.79. The molecule has 6 rings (SSSR count). The average molecular weight is 573 g/mol. The van der Waals surface area contributed by atoms with Gasteiger partial charge in [0.2, 0.25) is 0 Å². The number of fused-ring (bicyclic) bond motifs is 4. The number of benzene rings is 3. The number of hydrogen-bond donors (Lipinski definition) is 2. The molecule has 0 unspecified atom stereocenters. The number of hydrogen-bond acceptors (Lipinski definition) is 6. The number of aromatic nitrogens is 2. The van der Waals surface area contributed by atoms with E-state index in [-0.39, 0.29) is 30.1 Å². The van der Waals surface area contributed by atoms with E-state index in [0.717, 1.165) is 21.9 Å². The van der Waals surface area contributed by atoms with Gasteiger partial charge in [-0.05, 0) is 66.3 Å². The van der Waals surface area contributed by atoms with Crippen molar-refractivity contribution in [2.75, 3.05) is 37.0 Å². The molecule has 10 heteroatoms. The Morgan fingerprint density at radius 2 is 1.85 bits per heavy atom. The first-order valence-electron chi connectivity index (χ1n) is 12.9. The minimum atomic E-state index is -0.278. The van der Waals surface area contributed by atoms with E-state index in [0.29, 0.717) is 41.3 Å². The van der Waals surface area contributed by atoms with Gasteiger partial charge in [0.25, 0.3) is 11.8 Å². The molecule has 0 bridgehead atoms. The maximum absolute atomic E-state index is 13.5. The lowest BCUT2D eigenvalue weighted by molar-refractivity contribution is 0.0511. The number of methoxy groups -OCH3 is 1. The van der Waals surface area contributed by atoms with Gasteiger partial charge in [-0.2, -0.15) is 0 Å². The zero-order valence-electron chi connectivity index (χ0n) is 22.8. The second-order valence-corrected chi connectivity index (χ2v) is 9.44. The SMILES string of the molecule is CCl.COCOc1ccc(C(=O)Nc2ccc3nc(C(=O)N4CCc5c4cc(O)c4cccc(C)c54)cn3c2)cc1. The molecule has 5 aromatic rings. The van der Waals surface area contributed by atoms with Crippen LogP contribution in [0.5, 0.6) is 11.5 Å². The Morgan fingerprint density at radius 3 is 2.61 bits per heavy atom. The van der Waals surface area contributed by atoms with Crippen LogP contribution in [0, 0.1) is 6.92 Å². The molecule has 0 radical (unpaired) electrons. The van der Waals surface area contributed by atoms with Crippen molar-refractivity contribution in [2.45, 2.75) is 13.3 Å². The molecule has 2 N–H and O–H groups in total. The van der Waals surface area contributed by atoms with Crippen LogP contribution < -0.4 is 15.0 Å². The lowest BCUT2D eigenvalue weighted by Crippen LogP contribution is -2.29. The van der Waals surface area contributed by atoms with Crippen molar-refractivity contribution in [3.8, 4) is 11.5 Å². The van der Waals surface area contributed by atoms with Crippen molar-refractivity contribution in [3.05, 3.63) is 95.4 Å². The Labute approximate surface area is 241 Å². The summed E-state index contributed by atoms with van der Waals surface area (Å²) in [4.78, 5) is 32.5. The van der Waals surface area contributed by atoms with E-state index in [2.05, 4.69) is 21.9 Å². The van der Waals surface area contributed by atoms with Gasteiger partial charge in [-0.3, -0.25) is 9.59 Å². The third-order valence-corrected chi connectivity index (χ3v) is 6.94. The number of imidazole rings is 1. The molecule has 3 heterocycles. The van der Waals surface area contributed by atoms with Gasteiger partial charge in [0, 0.05) is 49.4 Å². The van der Waals surface area contributed by atoms with E-state index < -0.39 is 0 Å². The van der Waals surface area contributed by atoms with Crippen LogP contribution in [0.4, 0.5) is 11.4 Å². The number of halogens is 1. The van der Waals surface area contributed by atoms with E-state index >= 15 is 0 Å². The number of alkyl halides is 1. The molecule has 0 saturated heterocycles. The summed E-state index contributed by atoms with van der Waals surface area (Å²) in [5.41, 5.74) is 4.72. The number of nitrogens with one attached hydrogen (secondary N) is 1. The molecule has 0 saturated carbocycles. The fraction of sp³-hybridized carbons (Fsp3) is 0.194. The average Bonchev–Trinajstić information content (AvgIpc) is 3.61. The zero-order chi connectivity index (χ0) is 29.1. The summed E-state index contributed by atoms with van der Waals surface area (Å²) in [7, 11) is 1.54. The molecule has 0 aliphatic carbocycles. The van der Waals surface area contributed by atoms with Crippen molar-refractivity contribution in [2.24, 2.45) is 0 Å². The molecule has 41 heavy (non-hydrogen) atoms. The molecule has 0 atom stereocenters. The lowest BCUT2D eigenvalue weighted by atomic mass is 9.97. The van der Waals surface area contributed by atoms with Crippen LogP contribution in [0.25, 0.3) is 16.4 Å². The molecule has 210 valence electrons. The largest absolute Gasteiger partial charge is 0.507 e. The number of phenolic OH excluding ortho intramolecular Hbond substituents is 1. The number of nitrogens with zero attached hydrogens (tertiary/aromatic N) is 3. The monoisotopic (exact) mass is 572 g/mol. The summed E-state index contributed by atoms with van der Waals surface area (Å²) in [6.07, 6.45) is 5.54. The van der Waals surface area contributed by atoms with Gasteiger partial charge in [0.05, 0.1) is 11.4 Å². The summed E-state index contributed by atoms with van der Waals surface area (Å²) in [6.45, 7) is 2.65. The van der Waals surface area contributed by atoms with E-state index in [1.165, 1.54) is 13.5 Å². The van der Waals surface area contributed by atoms with Gasteiger partial charge < -0.3 is 29.2 Å². The van der Waals surface area contributed by atoms with E-state index in [1.807, 2.05) is 25.1 Å². The Bertz CT molecular complexity index is 1750. The van der Waals surface area contributed by atoms with Crippen molar-refractivity contribution in [1.82, 2.24) is 9.38 Å². The van der Waals surface area contributed by atoms with Crippen molar-refractivity contribution < 1.29 is 24.2 Å². The minimum Gasteiger partial charge on any atom is -0.507 e. The lowest BCUT2D eigenvalue weighted by Gasteiger charge is -2.17. The van der Waals surface area contributed by atoms with E-state index in [9.17, 15) is 14.7 Å². The highest BCUT2D eigenvalue weighted by molar-refractivity contribution is 6.15. The third-order valence-electron chi connectivity index (χ3n) is 6.94. The third kappa shape index (κ3) is 5.41. The summed E-state index contributed by atoms with van der Waals surface area (Å²) in [5, 5.41) is 15.3. The van der Waals surface area contributed by atoms with Crippen LogP contribution in [0.2, 0.25) is 0 Å². The summed E-state index contributed by atoms with van der Waals surface area (Å²) in [5.74, 6) is 0.232. The summed E-state index contributed by atoms with van der Waals surface area (Å²) >= 11 is 4.64. The van der Waals surface area contributed by atoms with Crippen LogP contribution in [-0.2, 0) is 11.2 Å². The molecule has 2 aromatic heterocycles. The molecule has 1 aliphatic rings. The highest BCUT2D eigenvalue weighted by Crippen LogP contribution is 2.41. The minimum absolute atomic E-state index is 0.129. The van der Waals surface area contributed by atoms with Gasteiger partial charge in [0.1, 0.15) is 22.8 Å². The number of anilines is 2. The topological polar surface area (TPSA) is 105 Å². The Balaban J connectivity index is 0.00000165. The van der Waals surface area contributed by atoms with Crippen molar-refractivity contribution in [1.29, 1.82) is 0 Å². The second-order valence-electron chi connectivity index (χ2n) is 9.44. The maximum Gasteiger partial charge on any atom is 0.278 e. The van der Waals surface area contributed by atoms with Gasteiger partial charge >= 0.3 is 0 Å². The van der Waals surface area contributed by atoms with E-state index in [4.69, 9.17) is 9.47 Å². The molecule has 1 aliphatic heterocycles.